The second-order valence-electron chi connectivity index (χ2n) is 5.38. The SMILES string of the molecule is Cc1nnc2n1CC(C(=O)O)N(C(=O)CCc1cc(Br)cs1)C2. The maximum absolute atomic E-state index is 12.5. The summed E-state index contributed by atoms with van der Waals surface area (Å²) in [4.78, 5) is 26.5. The van der Waals surface area contributed by atoms with Crippen molar-refractivity contribution in [3.05, 3.63) is 32.4 Å². The summed E-state index contributed by atoms with van der Waals surface area (Å²) in [7, 11) is 0. The number of carbonyl (C=O) groups excluding carboxylic acids is 1. The van der Waals surface area contributed by atoms with Crippen molar-refractivity contribution in [3.8, 4) is 0 Å². The highest BCUT2D eigenvalue weighted by molar-refractivity contribution is 9.10. The van der Waals surface area contributed by atoms with Crippen LogP contribution >= 0.6 is 27.3 Å². The topological polar surface area (TPSA) is 88.3 Å². The van der Waals surface area contributed by atoms with Crippen molar-refractivity contribution in [3.63, 3.8) is 0 Å². The highest BCUT2D eigenvalue weighted by Gasteiger charge is 2.36. The zero-order valence-corrected chi connectivity index (χ0v) is 14.8. The molecule has 1 aliphatic heterocycles. The van der Waals surface area contributed by atoms with E-state index in [-0.39, 0.29) is 25.4 Å². The molecule has 3 heterocycles. The number of aliphatic carboxylic acids is 1. The monoisotopic (exact) mass is 398 g/mol. The van der Waals surface area contributed by atoms with E-state index in [1.165, 1.54) is 4.90 Å². The maximum Gasteiger partial charge on any atom is 0.328 e. The van der Waals surface area contributed by atoms with Crippen LogP contribution in [0.4, 0.5) is 0 Å². The molecule has 3 rings (SSSR count). The highest BCUT2D eigenvalue weighted by atomic mass is 79.9. The fraction of sp³-hybridized carbons (Fsp3) is 0.429. The van der Waals surface area contributed by atoms with Gasteiger partial charge in [-0.1, -0.05) is 0 Å². The second kappa shape index (κ2) is 6.40. The van der Waals surface area contributed by atoms with E-state index >= 15 is 0 Å². The van der Waals surface area contributed by atoms with Crippen LogP contribution in [0.15, 0.2) is 15.9 Å². The number of amides is 1. The largest absolute Gasteiger partial charge is 0.480 e. The standard InChI is InChI=1S/C14H15BrN4O3S/c1-8-16-17-12-6-19(11(14(21)22)5-18(8)12)13(20)3-2-10-4-9(15)7-23-10/h4,7,11H,2-3,5-6H2,1H3,(H,21,22). The predicted octanol–water partition coefficient (Wildman–Crippen LogP) is 1.84. The van der Waals surface area contributed by atoms with Gasteiger partial charge in [-0.2, -0.15) is 0 Å². The third kappa shape index (κ3) is 3.30. The van der Waals surface area contributed by atoms with E-state index < -0.39 is 12.0 Å². The third-order valence-electron chi connectivity index (χ3n) is 3.87. The minimum atomic E-state index is -1.00. The Morgan fingerprint density at radius 1 is 1.48 bits per heavy atom. The minimum Gasteiger partial charge on any atom is -0.480 e. The van der Waals surface area contributed by atoms with Crippen LogP contribution in [0, 0.1) is 6.92 Å². The molecule has 0 bridgehead atoms. The number of aryl methyl sites for hydroxylation is 2. The molecule has 0 spiro atoms. The quantitative estimate of drug-likeness (QED) is 0.848. The molecule has 1 aliphatic rings. The number of carbonyl (C=O) groups is 2. The van der Waals surface area contributed by atoms with Crippen LogP contribution in [0.1, 0.15) is 22.9 Å². The molecule has 9 heteroatoms. The van der Waals surface area contributed by atoms with Gasteiger partial charge in [0.15, 0.2) is 5.82 Å². The number of fused-ring (bicyclic) bond motifs is 1. The molecule has 2 aromatic rings. The Labute approximate surface area is 145 Å². The molecule has 0 saturated heterocycles. The second-order valence-corrected chi connectivity index (χ2v) is 7.29. The van der Waals surface area contributed by atoms with Crippen molar-refractivity contribution in [2.75, 3.05) is 0 Å². The fourth-order valence-corrected chi connectivity index (χ4v) is 4.10. The van der Waals surface area contributed by atoms with Gasteiger partial charge in [-0.25, -0.2) is 4.79 Å². The summed E-state index contributed by atoms with van der Waals surface area (Å²) >= 11 is 4.96. The zero-order chi connectivity index (χ0) is 16.6. The molecule has 0 radical (unpaired) electrons. The van der Waals surface area contributed by atoms with Gasteiger partial charge in [0.1, 0.15) is 11.9 Å². The maximum atomic E-state index is 12.5. The number of rotatable bonds is 4. The lowest BCUT2D eigenvalue weighted by molar-refractivity contribution is -0.152. The Morgan fingerprint density at radius 3 is 2.91 bits per heavy atom. The molecule has 2 aromatic heterocycles. The summed E-state index contributed by atoms with van der Waals surface area (Å²) in [6.07, 6.45) is 0.882. The van der Waals surface area contributed by atoms with Crippen LogP contribution in [0.25, 0.3) is 0 Å². The Kier molecular flexibility index (Phi) is 4.49. The van der Waals surface area contributed by atoms with Gasteiger partial charge in [0.05, 0.1) is 13.1 Å². The lowest BCUT2D eigenvalue weighted by Gasteiger charge is -2.33. The molecule has 0 aliphatic carbocycles. The molecular formula is C14H15BrN4O3S. The Morgan fingerprint density at radius 2 is 2.26 bits per heavy atom. The van der Waals surface area contributed by atoms with E-state index in [0.717, 1.165) is 9.35 Å². The van der Waals surface area contributed by atoms with Crippen LogP contribution in [0.5, 0.6) is 0 Å². The van der Waals surface area contributed by atoms with Crippen LogP contribution in [-0.4, -0.2) is 42.7 Å². The molecule has 1 amide bonds. The number of aromatic nitrogens is 3. The molecule has 7 nitrogen and oxygen atoms in total. The van der Waals surface area contributed by atoms with Crippen LogP contribution < -0.4 is 0 Å². The first-order valence-electron chi connectivity index (χ1n) is 7.09. The van der Waals surface area contributed by atoms with E-state index in [1.807, 2.05) is 11.4 Å². The van der Waals surface area contributed by atoms with Crippen molar-refractivity contribution >= 4 is 39.1 Å². The van der Waals surface area contributed by atoms with Gasteiger partial charge in [-0.15, -0.1) is 21.5 Å². The van der Waals surface area contributed by atoms with E-state index in [4.69, 9.17) is 0 Å². The summed E-state index contributed by atoms with van der Waals surface area (Å²) in [5, 5.41) is 19.4. The summed E-state index contributed by atoms with van der Waals surface area (Å²) < 4.78 is 2.76. The average Bonchev–Trinajstić information content (AvgIpc) is 3.09. The minimum absolute atomic E-state index is 0.172. The van der Waals surface area contributed by atoms with Crippen LogP contribution in [-0.2, 0) is 29.1 Å². The summed E-state index contributed by atoms with van der Waals surface area (Å²) in [5.74, 6) is 0.124. The number of thiophene rings is 1. The Balaban J connectivity index is 1.74. The van der Waals surface area contributed by atoms with E-state index in [9.17, 15) is 14.7 Å². The number of hydrogen-bond donors (Lipinski definition) is 1. The number of carboxylic acid groups (broad SMARTS) is 1. The first kappa shape index (κ1) is 16.1. The van der Waals surface area contributed by atoms with Crippen molar-refractivity contribution < 1.29 is 14.7 Å². The van der Waals surface area contributed by atoms with Crippen molar-refractivity contribution in [2.45, 2.75) is 38.9 Å². The molecule has 122 valence electrons. The van der Waals surface area contributed by atoms with Gasteiger partial charge in [-0.3, -0.25) is 4.79 Å². The molecule has 0 aromatic carbocycles. The predicted molar refractivity (Wildman–Crippen MR) is 87.1 cm³/mol. The molecular weight excluding hydrogens is 384 g/mol. The average molecular weight is 399 g/mol. The number of halogens is 1. The van der Waals surface area contributed by atoms with Gasteiger partial charge in [0.25, 0.3) is 0 Å². The third-order valence-corrected chi connectivity index (χ3v) is 5.63. The van der Waals surface area contributed by atoms with Gasteiger partial charge in [0, 0.05) is 21.2 Å². The van der Waals surface area contributed by atoms with Crippen molar-refractivity contribution in [1.82, 2.24) is 19.7 Å². The van der Waals surface area contributed by atoms with Gasteiger partial charge < -0.3 is 14.6 Å². The summed E-state index contributed by atoms with van der Waals surface area (Å²) in [6, 6.07) is 1.10. The smallest absolute Gasteiger partial charge is 0.328 e. The first-order valence-corrected chi connectivity index (χ1v) is 8.77. The Hall–Kier alpha value is -1.74. The lowest BCUT2D eigenvalue weighted by atomic mass is 10.1. The van der Waals surface area contributed by atoms with Gasteiger partial charge in [-0.05, 0) is 35.3 Å². The summed E-state index contributed by atoms with van der Waals surface area (Å²) in [6.45, 7) is 2.16. The van der Waals surface area contributed by atoms with E-state index in [2.05, 4.69) is 26.1 Å². The molecule has 1 N–H and O–H groups in total. The van der Waals surface area contributed by atoms with Gasteiger partial charge >= 0.3 is 5.97 Å². The number of hydrogen-bond acceptors (Lipinski definition) is 5. The van der Waals surface area contributed by atoms with Crippen molar-refractivity contribution in [1.29, 1.82) is 0 Å². The number of carboxylic acids is 1. The normalized spacial score (nSPS) is 17.1. The molecule has 0 fully saturated rings. The molecule has 23 heavy (non-hydrogen) atoms. The van der Waals surface area contributed by atoms with Gasteiger partial charge in [0.2, 0.25) is 5.91 Å². The van der Waals surface area contributed by atoms with Crippen molar-refractivity contribution in [2.24, 2.45) is 0 Å². The summed E-state index contributed by atoms with van der Waals surface area (Å²) in [5.41, 5.74) is 0. The molecule has 0 saturated carbocycles. The van der Waals surface area contributed by atoms with Crippen LogP contribution in [0.2, 0.25) is 0 Å². The Bertz CT molecular complexity index is 757. The number of nitrogens with zero attached hydrogens (tertiary/aromatic N) is 4. The van der Waals surface area contributed by atoms with Crippen LogP contribution in [0.3, 0.4) is 0 Å². The molecule has 1 atom stereocenters. The fourth-order valence-electron chi connectivity index (χ4n) is 2.65. The molecule has 1 unspecified atom stereocenters. The first-order chi connectivity index (χ1) is 11.0. The van der Waals surface area contributed by atoms with E-state index in [1.54, 1.807) is 22.8 Å². The van der Waals surface area contributed by atoms with E-state index in [0.29, 0.717) is 18.1 Å². The lowest BCUT2D eigenvalue weighted by Crippen LogP contribution is -2.50. The highest BCUT2D eigenvalue weighted by Crippen LogP contribution is 2.23. The zero-order valence-electron chi connectivity index (χ0n) is 12.4.